The Morgan fingerprint density at radius 3 is 2.64 bits per heavy atom. The van der Waals surface area contributed by atoms with E-state index in [4.69, 9.17) is 10.4 Å². The Morgan fingerprint density at radius 1 is 1.22 bits per heavy atom. The van der Waals surface area contributed by atoms with Crippen LogP contribution in [-0.2, 0) is 13.0 Å². The number of hydrogen-bond donors (Lipinski definition) is 2. The quantitative estimate of drug-likeness (QED) is 0.319. The molecule has 36 heavy (non-hydrogen) atoms. The molecule has 1 aliphatic rings. The van der Waals surface area contributed by atoms with Crippen LogP contribution in [-0.4, -0.2) is 28.2 Å². The van der Waals surface area contributed by atoms with Gasteiger partial charge in [-0.2, -0.15) is 0 Å². The van der Waals surface area contributed by atoms with Gasteiger partial charge in [0, 0.05) is 36.7 Å². The zero-order chi connectivity index (χ0) is 25.5. The molecule has 2 N–H and O–H groups in total. The molecular formula is C29H28FN5O. The number of benzene rings is 2. The minimum absolute atomic E-state index is 0.0211. The summed E-state index contributed by atoms with van der Waals surface area (Å²) in [6.45, 7) is 4.72. The van der Waals surface area contributed by atoms with Gasteiger partial charge >= 0.3 is 0 Å². The number of aromatic nitrogens is 2. The Hall–Kier alpha value is -4.31. The van der Waals surface area contributed by atoms with Crippen LogP contribution < -0.4 is 10.9 Å². The number of aliphatic imine (C=N–C) groups is 1. The molecule has 182 valence electrons. The molecule has 2 heterocycles. The van der Waals surface area contributed by atoms with E-state index in [0.717, 1.165) is 17.6 Å². The number of anilines is 1. The van der Waals surface area contributed by atoms with Crippen molar-refractivity contribution in [1.29, 1.82) is 5.41 Å². The Morgan fingerprint density at radius 2 is 1.97 bits per heavy atom. The van der Waals surface area contributed by atoms with Crippen molar-refractivity contribution in [2.75, 3.05) is 11.9 Å². The van der Waals surface area contributed by atoms with E-state index in [9.17, 15) is 9.18 Å². The van der Waals surface area contributed by atoms with Gasteiger partial charge in [0.2, 0.25) is 5.95 Å². The van der Waals surface area contributed by atoms with E-state index in [-0.39, 0.29) is 23.2 Å². The molecule has 2 aromatic carbocycles. The first-order chi connectivity index (χ1) is 17.5. The summed E-state index contributed by atoms with van der Waals surface area (Å²) in [4.78, 5) is 22.9. The molecule has 2 atom stereocenters. The Labute approximate surface area is 209 Å². The molecule has 3 aromatic rings. The van der Waals surface area contributed by atoms with E-state index in [1.165, 1.54) is 12.1 Å². The lowest BCUT2D eigenvalue weighted by atomic mass is 9.93. The number of halogens is 1. The van der Waals surface area contributed by atoms with Crippen LogP contribution in [0.5, 0.6) is 0 Å². The molecule has 1 aliphatic heterocycles. The highest BCUT2D eigenvalue weighted by Crippen LogP contribution is 2.30. The van der Waals surface area contributed by atoms with Gasteiger partial charge in [-0.3, -0.25) is 19.8 Å². The van der Waals surface area contributed by atoms with Gasteiger partial charge in [-0.1, -0.05) is 55.1 Å². The number of rotatable bonds is 9. The minimum atomic E-state index is -0.372. The van der Waals surface area contributed by atoms with Crippen LogP contribution >= 0.6 is 0 Å². The maximum Gasteiger partial charge on any atom is 0.263 e. The van der Waals surface area contributed by atoms with Crippen LogP contribution in [0.4, 0.5) is 10.3 Å². The van der Waals surface area contributed by atoms with Crippen molar-refractivity contribution in [1.82, 2.24) is 9.55 Å². The molecule has 0 fully saturated rings. The summed E-state index contributed by atoms with van der Waals surface area (Å²) in [5.41, 5.74) is 6.32. The molecule has 6 nitrogen and oxygen atoms in total. The van der Waals surface area contributed by atoms with Crippen molar-refractivity contribution in [3.63, 3.8) is 0 Å². The van der Waals surface area contributed by atoms with Crippen LogP contribution in [0.3, 0.4) is 0 Å². The fraction of sp³-hybridized carbons (Fsp3) is 0.241. The smallest absolute Gasteiger partial charge is 0.263 e. The third-order valence-electron chi connectivity index (χ3n) is 6.12. The van der Waals surface area contributed by atoms with Crippen molar-refractivity contribution in [2.45, 2.75) is 26.8 Å². The summed E-state index contributed by atoms with van der Waals surface area (Å²) in [6, 6.07) is 15.9. The molecule has 0 saturated heterocycles. The molecule has 2 unspecified atom stereocenters. The first kappa shape index (κ1) is 24.8. The number of nitrogens with zero attached hydrogens (tertiary/aromatic N) is 3. The molecule has 0 amide bonds. The summed E-state index contributed by atoms with van der Waals surface area (Å²) in [5.74, 6) is 2.34. The lowest BCUT2D eigenvalue weighted by molar-refractivity contribution is 0.628. The van der Waals surface area contributed by atoms with Crippen LogP contribution in [0.25, 0.3) is 16.7 Å². The first-order valence-electron chi connectivity index (χ1n) is 11.9. The average Bonchev–Trinajstić information content (AvgIpc) is 2.89. The summed E-state index contributed by atoms with van der Waals surface area (Å²) >= 11 is 0. The molecule has 0 bridgehead atoms. The SMILES string of the molecule is CCn1c(NCC(C=C=N)Cc2ccccc2)nc(C2=C=CN=CC2C)c(-c2ccc(F)cc2)c1=O. The predicted octanol–water partition coefficient (Wildman–Crippen LogP) is 5.36. The maximum absolute atomic E-state index is 13.8. The van der Waals surface area contributed by atoms with Crippen LogP contribution in [0, 0.1) is 23.1 Å². The van der Waals surface area contributed by atoms with E-state index in [2.05, 4.69) is 21.9 Å². The second-order valence-electron chi connectivity index (χ2n) is 8.63. The van der Waals surface area contributed by atoms with E-state index >= 15 is 0 Å². The van der Waals surface area contributed by atoms with Crippen molar-refractivity contribution >= 4 is 23.6 Å². The Bertz CT molecular complexity index is 1430. The van der Waals surface area contributed by atoms with Gasteiger partial charge in [0.1, 0.15) is 5.82 Å². The van der Waals surface area contributed by atoms with Crippen molar-refractivity contribution in [3.05, 3.63) is 100 Å². The second kappa shape index (κ2) is 11.4. The van der Waals surface area contributed by atoms with Gasteiger partial charge in [0.25, 0.3) is 5.56 Å². The lowest BCUT2D eigenvalue weighted by Gasteiger charge is -2.21. The molecule has 0 saturated carbocycles. The molecule has 0 radical (unpaired) electrons. The van der Waals surface area contributed by atoms with E-state index in [1.807, 2.05) is 44.2 Å². The molecule has 0 spiro atoms. The summed E-state index contributed by atoms with van der Waals surface area (Å²) in [7, 11) is 0. The highest BCUT2D eigenvalue weighted by molar-refractivity contribution is 5.88. The lowest BCUT2D eigenvalue weighted by Crippen LogP contribution is -2.29. The standard InChI is InChI=1S/C29H28FN5O/c1-3-35-28(36)26(23-9-11-24(30)12-10-23)27(25-14-16-32-18-20(25)2)34-29(35)33-19-22(13-15-31)17-21-7-5-4-6-8-21/h4-13,16,18,20,22,31H,3,17,19H2,1-2H3,(H,33,34). The third kappa shape index (κ3) is 5.49. The zero-order valence-electron chi connectivity index (χ0n) is 20.3. The summed E-state index contributed by atoms with van der Waals surface area (Å²) in [5, 5.41) is 10.8. The highest BCUT2D eigenvalue weighted by Gasteiger charge is 2.24. The monoisotopic (exact) mass is 481 g/mol. The van der Waals surface area contributed by atoms with Gasteiger partial charge in [-0.25, -0.2) is 9.37 Å². The topological polar surface area (TPSA) is 83.1 Å². The molecular weight excluding hydrogens is 453 g/mol. The number of nitrogens with one attached hydrogen (secondary N) is 2. The van der Waals surface area contributed by atoms with Crippen LogP contribution in [0.2, 0.25) is 0 Å². The summed E-state index contributed by atoms with van der Waals surface area (Å²) in [6.07, 6.45) is 5.78. The molecule has 1 aromatic heterocycles. The van der Waals surface area contributed by atoms with E-state index < -0.39 is 0 Å². The first-order valence-corrected chi connectivity index (χ1v) is 11.9. The van der Waals surface area contributed by atoms with E-state index in [0.29, 0.717) is 35.9 Å². The highest BCUT2D eigenvalue weighted by atomic mass is 19.1. The Kier molecular flexibility index (Phi) is 7.86. The van der Waals surface area contributed by atoms with Gasteiger partial charge in [0.15, 0.2) is 0 Å². The van der Waals surface area contributed by atoms with Crippen LogP contribution in [0.1, 0.15) is 25.1 Å². The van der Waals surface area contributed by atoms with E-state index in [1.54, 1.807) is 35.2 Å². The molecule has 7 heteroatoms. The molecule has 0 aliphatic carbocycles. The largest absolute Gasteiger partial charge is 0.355 e. The Balaban J connectivity index is 1.78. The second-order valence-corrected chi connectivity index (χ2v) is 8.63. The maximum atomic E-state index is 13.8. The minimum Gasteiger partial charge on any atom is -0.355 e. The number of hydrogen-bond acceptors (Lipinski definition) is 5. The summed E-state index contributed by atoms with van der Waals surface area (Å²) < 4.78 is 15.2. The zero-order valence-corrected chi connectivity index (χ0v) is 20.3. The van der Waals surface area contributed by atoms with Gasteiger partial charge in [-0.05, 0) is 48.6 Å². The van der Waals surface area contributed by atoms with Gasteiger partial charge in [-0.15, -0.1) is 0 Å². The van der Waals surface area contributed by atoms with Crippen molar-refractivity contribution < 1.29 is 4.39 Å². The fourth-order valence-corrected chi connectivity index (χ4v) is 4.27. The fourth-order valence-electron chi connectivity index (χ4n) is 4.27. The van der Waals surface area contributed by atoms with Gasteiger partial charge in [0.05, 0.1) is 17.5 Å². The van der Waals surface area contributed by atoms with Crippen LogP contribution in [0.15, 0.2) is 82.4 Å². The third-order valence-corrected chi connectivity index (χ3v) is 6.12. The normalized spacial score (nSPS) is 15.2. The van der Waals surface area contributed by atoms with Crippen molar-refractivity contribution in [3.8, 4) is 11.1 Å². The van der Waals surface area contributed by atoms with Gasteiger partial charge < -0.3 is 5.32 Å². The molecule has 4 rings (SSSR count). The number of allylic oxidation sites excluding steroid dienone is 1. The predicted molar refractivity (Wildman–Crippen MR) is 143 cm³/mol. The average molecular weight is 482 g/mol. The van der Waals surface area contributed by atoms with Crippen molar-refractivity contribution in [2.24, 2.45) is 16.8 Å².